The monoisotopic (exact) mass is 223 g/mol. The molecule has 1 heterocycles. The largest absolute Gasteiger partial charge is 0.480 e. The van der Waals surface area contributed by atoms with Crippen molar-refractivity contribution in [2.45, 2.75) is 6.04 Å². The van der Waals surface area contributed by atoms with Gasteiger partial charge >= 0.3 is 5.97 Å². The molecule has 0 amide bonds. The van der Waals surface area contributed by atoms with Crippen LogP contribution in [0.25, 0.3) is 0 Å². The van der Waals surface area contributed by atoms with Crippen LogP contribution in [-0.2, 0) is 4.79 Å². The number of hydrogen-bond acceptors (Lipinski definition) is 5. The van der Waals surface area contributed by atoms with Crippen LogP contribution in [0.15, 0.2) is 18.2 Å². The van der Waals surface area contributed by atoms with Crippen LogP contribution in [0.5, 0.6) is 11.5 Å². The molecule has 1 unspecified atom stereocenters. The molecule has 0 saturated heterocycles. The molecule has 2 rings (SSSR count). The molecule has 3 N–H and O–H groups in total. The van der Waals surface area contributed by atoms with Gasteiger partial charge < -0.3 is 20.3 Å². The summed E-state index contributed by atoms with van der Waals surface area (Å²) in [5.74, 6) is -1.07. The van der Waals surface area contributed by atoms with Crippen LogP contribution in [0.3, 0.4) is 0 Å². The van der Waals surface area contributed by atoms with E-state index < -0.39 is 17.8 Å². The summed E-state index contributed by atoms with van der Waals surface area (Å²) in [6, 6.07) is 2.87. The summed E-state index contributed by atoms with van der Waals surface area (Å²) in [7, 11) is 0. The van der Waals surface area contributed by atoms with Crippen molar-refractivity contribution >= 4 is 11.8 Å². The van der Waals surface area contributed by atoms with Gasteiger partial charge in [-0.3, -0.25) is 9.59 Å². The number of Topliss-reactive ketones (excluding diaryl/α,β-unsaturated/α-hetero) is 1. The highest BCUT2D eigenvalue weighted by molar-refractivity contribution is 6.11. The Morgan fingerprint density at radius 1 is 1.31 bits per heavy atom. The van der Waals surface area contributed by atoms with E-state index in [1.807, 2.05) is 0 Å². The zero-order chi connectivity index (χ0) is 11.7. The fourth-order valence-electron chi connectivity index (χ4n) is 1.34. The summed E-state index contributed by atoms with van der Waals surface area (Å²) in [6.07, 6.45) is 0. The third-order valence-electron chi connectivity index (χ3n) is 2.21. The lowest BCUT2D eigenvalue weighted by molar-refractivity contribution is -0.137. The average Bonchev–Trinajstić information content (AvgIpc) is 2.73. The van der Waals surface area contributed by atoms with Crippen LogP contribution in [0.1, 0.15) is 10.4 Å². The number of carboxylic acids is 1. The summed E-state index contributed by atoms with van der Waals surface area (Å²) in [5.41, 5.74) is 5.41. The second-order valence-corrected chi connectivity index (χ2v) is 3.25. The van der Waals surface area contributed by atoms with Gasteiger partial charge in [-0.05, 0) is 18.2 Å². The maximum Gasteiger partial charge on any atom is 0.328 e. The zero-order valence-electron chi connectivity index (χ0n) is 8.17. The normalized spacial score (nSPS) is 14.6. The molecule has 1 atom stereocenters. The number of nitrogens with two attached hydrogens (primary N) is 1. The Hall–Kier alpha value is -2.08. The molecule has 0 bridgehead atoms. The van der Waals surface area contributed by atoms with Crippen LogP contribution < -0.4 is 15.2 Å². The smallest absolute Gasteiger partial charge is 0.328 e. The molecule has 0 radical (unpaired) electrons. The molecular formula is C10H9NO5. The molecule has 0 saturated carbocycles. The Morgan fingerprint density at radius 3 is 2.69 bits per heavy atom. The number of carbonyl (C=O) groups is 2. The first-order chi connectivity index (χ1) is 7.59. The van der Waals surface area contributed by atoms with E-state index in [1.165, 1.54) is 12.1 Å². The molecule has 1 aromatic carbocycles. The highest BCUT2D eigenvalue weighted by atomic mass is 16.7. The van der Waals surface area contributed by atoms with Gasteiger partial charge in [0.2, 0.25) is 6.79 Å². The second-order valence-electron chi connectivity index (χ2n) is 3.25. The average molecular weight is 223 g/mol. The fraction of sp³-hybridized carbons (Fsp3) is 0.200. The number of ether oxygens (including phenoxy) is 2. The minimum absolute atomic E-state index is 0.0952. The first-order valence-corrected chi connectivity index (χ1v) is 4.52. The van der Waals surface area contributed by atoms with E-state index in [4.69, 9.17) is 20.3 Å². The highest BCUT2D eigenvalue weighted by Crippen LogP contribution is 2.32. The Morgan fingerprint density at radius 2 is 2.00 bits per heavy atom. The summed E-state index contributed by atoms with van der Waals surface area (Å²) in [6.45, 7) is 0.0952. The predicted octanol–water partition coefficient (Wildman–Crippen LogP) is 0.00990. The SMILES string of the molecule is NC(C(=O)O)C(=O)c1ccc2c(c1)OCO2. The lowest BCUT2D eigenvalue weighted by atomic mass is 10.0. The van der Waals surface area contributed by atoms with Crippen LogP contribution in [-0.4, -0.2) is 29.7 Å². The Labute approximate surface area is 90.6 Å². The number of carboxylic acid groups (broad SMARTS) is 1. The van der Waals surface area contributed by atoms with Crippen molar-refractivity contribution in [1.29, 1.82) is 0 Å². The van der Waals surface area contributed by atoms with Crippen molar-refractivity contribution in [3.05, 3.63) is 23.8 Å². The van der Waals surface area contributed by atoms with Gasteiger partial charge in [-0.15, -0.1) is 0 Å². The maximum atomic E-state index is 11.6. The number of fused-ring (bicyclic) bond motifs is 1. The van der Waals surface area contributed by atoms with E-state index in [-0.39, 0.29) is 12.4 Å². The van der Waals surface area contributed by atoms with E-state index in [0.717, 1.165) is 0 Å². The highest BCUT2D eigenvalue weighted by Gasteiger charge is 2.24. The van der Waals surface area contributed by atoms with Crippen LogP contribution in [0.4, 0.5) is 0 Å². The topological polar surface area (TPSA) is 98.9 Å². The molecule has 0 aliphatic carbocycles. The quantitative estimate of drug-likeness (QED) is 0.553. The number of carbonyl (C=O) groups excluding carboxylic acids is 1. The van der Waals surface area contributed by atoms with Crippen LogP contribution >= 0.6 is 0 Å². The fourth-order valence-corrected chi connectivity index (χ4v) is 1.34. The number of aliphatic carboxylic acids is 1. The van der Waals surface area contributed by atoms with Gasteiger partial charge in [0, 0.05) is 5.56 Å². The van der Waals surface area contributed by atoms with Gasteiger partial charge in [0.25, 0.3) is 0 Å². The minimum Gasteiger partial charge on any atom is -0.480 e. The second kappa shape index (κ2) is 3.82. The van der Waals surface area contributed by atoms with E-state index >= 15 is 0 Å². The third-order valence-corrected chi connectivity index (χ3v) is 2.21. The van der Waals surface area contributed by atoms with Crippen molar-refractivity contribution in [1.82, 2.24) is 0 Å². The summed E-state index contributed by atoms with van der Waals surface area (Å²) in [4.78, 5) is 22.1. The number of rotatable bonds is 3. The lowest BCUT2D eigenvalue weighted by Crippen LogP contribution is -2.38. The molecule has 1 aliphatic heterocycles. The summed E-state index contributed by atoms with van der Waals surface area (Å²) < 4.78 is 10.1. The van der Waals surface area contributed by atoms with Crippen molar-refractivity contribution in [2.24, 2.45) is 5.73 Å². The lowest BCUT2D eigenvalue weighted by Gasteiger charge is -2.05. The molecule has 1 aliphatic rings. The van der Waals surface area contributed by atoms with Gasteiger partial charge in [0.15, 0.2) is 23.3 Å². The Bertz CT molecular complexity index is 457. The maximum absolute atomic E-state index is 11.6. The molecule has 0 fully saturated rings. The standard InChI is InChI=1S/C10H9NO5/c11-8(10(13)14)9(12)5-1-2-6-7(3-5)16-4-15-6/h1-3,8H,4,11H2,(H,13,14). The number of benzene rings is 1. The summed E-state index contributed by atoms with van der Waals surface area (Å²) in [5, 5.41) is 8.61. The van der Waals surface area contributed by atoms with E-state index in [0.29, 0.717) is 11.5 Å². The molecule has 84 valence electrons. The third kappa shape index (κ3) is 1.70. The van der Waals surface area contributed by atoms with Crippen LogP contribution in [0.2, 0.25) is 0 Å². The molecule has 1 aromatic rings. The van der Waals surface area contributed by atoms with Gasteiger partial charge in [-0.25, -0.2) is 0 Å². The van der Waals surface area contributed by atoms with Gasteiger partial charge in [-0.1, -0.05) is 0 Å². The zero-order valence-corrected chi connectivity index (χ0v) is 8.17. The number of ketones is 1. The van der Waals surface area contributed by atoms with Gasteiger partial charge in [0.1, 0.15) is 0 Å². The molecule has 0 aromatic heterocycles. The van der Waals surface area contributed by atoms with Crippen LogP contribution in [0, 0.1) is 0 Å². The van der Waals surface area contributed by atoms with E-state index in [9.17, 15) is 9.59 Å². The van der Waals surface area contributed by atoms with E-state index in [1.54, 1.807) is 6.07 Å². The predicted molar refractivity (Wildman–Crippen MR) is 52.5 cm³/mol. The number of hydrogen-bond donors (Lipinski definition) is 2. The first-order valence-electron chi connectivity index (χ1n) is 4.52. The van der Waals surface area contributed by atoms with Gasteiger partial charge in [-0.2, -0.15) is 0 Å². The molecule has 16 heavy (non-hydrogen) atoms. The molecular weight excluding hydrogens is 214 g/mol. The molecule has 6 heteroatoms. The minimum atomic E-state index is -1.56. The van der Waals surface area contributed by atoms with Crippen molar-refractivity contribution < 1.29 is 24.2 Å². The Kier molecular flexibility index (Phi) is 2.49. The van der Waals surface area contributed by atoms with Gasteiger partial charge in [0.05, 0.1) is 0 Å². The van der Waals surface area contributed by atoms with Crippen molar-refractivity contribution in [3.8, 4) is 11.5 Å². The Balaban J connectivity index is 2.28. The molecule has 6 nitrogen and oxygen atoms in total. The summed E-state index contributed by atoms with van der Waals surface area (Å²) >= 11 is 0. The molecule has 0 spiro atoms. The van der Waals surface area contributed by atoms with E-state index in [2.05, 4.69) is 0 Å². The first kappa shape index (κ1) is 10.4. The van der Waals surface area contributed by atoms with Crippen molar-refractivity contribution in [2.75, 3.05) is 6.79 Å². The van der Waals surface area contributed by atoms with Crippen molar-refractivity contribution in [3.63, 3.8) is 0 Å².